The zero-order valence-corrected chi connectivity index (χ0v) is 10.3. The van der Waals surface area contributed by atoms with Crippen LogP contribution in [0.2, 0.25) is 0 Å². The second kappa shape index (κ2) is 4.08. The second-order valence-electron chi connectivity index (χ2n) is 5.09. The van der Waals surface area contributed by atoms with Crippen LogP contribution >= 0.6 is 0 Å². The Morgan fingerprint density at radius 3 is 2.42 bits per heavy atom. The normalized spacial score (nSPS) is 23.7. The molecule has 0 radical (unpaired) electrons. The third kappa shape index (κ3) is 2.16. The van der Waals surface area contributed by atoms with E-state index in [0.29, 0.717) is 0 Å². The van der Waals surface area contributed by atoms with Crippen molar-refractivity contribution in [3.63, 3.8) is 0 Å². The van der Waals surface area contributed by atoms with Crippen molar-refractivity contribution in [3.05, 3.63) is 27.0 Å². The Balaban J connectivity index is 2.17. The van der Waals surface area contributed by atoms with Gasteiger partial charge in [0.25, 0.3) is 5.56 Å². The van der Waals surface area contributed by atoms with E-state index in [1.54, 1.807) is 13.8 Å². The Morgan fingerprint density at radius 2 is 1.95 bits per heavy atom. The standard InChI is InChI=1S/C11H13N3O5/c1-11(2)5(6(11)9(17)18)8(16)13-4-3-12-10(19)14-7(4)15/h3,5-6H,1-2H3,(H,13,16)(H,17,18)(H2,12,14,15,19)/t5-,6-/m0/s1. The van der Waals surface area contributed by atoms with E-state index in [1.165, 1.54) is 0 Å². The molecule has 0 spiro atoms. The van der Waals surface area contributed by atoms with Crippen molar-refractivity contribution in [3.8, 4) is 0 Å². The molecule has 19 heavy (non-hydrogen) atoms. The Labute approximate surface area is 106 Å². The third-order valence-corrected chi connectivity index (χ3v) is 3.45. The molecule has 1 aliphatic rings. The van der Waals surface area contributed by atoms with Crippen LogP contribution in [0.1, 0.15) is 13.8 Å². The molecule has 1 fully saturated rings. The second-order valence-corrected chi connectivity index (χ2v) is 5.09. The van der Waals surface area contributed by atoms with Crippen LogP contribution < -0.4 is 16.6 Å². The van der Waals surface area contributed by atoms with Crippen molar-refractivity contribution in [2.75, 3.05) is 5.32 Å². The molecule has 0 saturated heterocycles. The topological polar surface area (TPSA) is 132 Å². The number of carbonyl (C=O) groups excluding carboxylic acids is 1. The molecule has 1 aromatic heterocycles. The molecular weight excluding hydrogens is 254 g/mol. The molecule has 1 aliphatic carbocycles. The van der Waals surface area contributed by atoms with Gasteiger partial charge in [0.2, 0.25) is 5.91 Å². The van der Waals surface area contributed by atoms with E-state index in [1.807, 2.05) is 4.98 Å². The van der Waals surface area contributed by atoms with Crippen LogP contribution in [0.25, 0.3) is 0 Å². The summed E-state index contributed by atoms with van der Waals surface area (Å²) in [6, 6.07) is 0. The zero-order chi connectivity index (χ0) is 14.4. The lowest BCUT2D eigenvalue weighted by molar-refractivity contribution is -0.140. The van der Waals surface area contributed by atoms with Gasteiger partial charge in [0.15, 0.2) is 0 Å². The predicted octanol–water partition coefficient (Wildman–Crippen LogP) is -0.641. The fourth-order valence-electron chi connectivity index (χ4n) is 2.30. The minimum atomic E-state index is -1.04. The number of carboxylic acids is 1. The van der Waals surface area contributed by atoms with Crippen molar-refractivity contribution < 1.29 is 14.7 Å². The highest BCUT2D eigenvalue weighted by Crippen LogP contribution is 2.58. The lowest BCUT2D eigenvalue weighted by Gasteiger charge is -2.04. The maximum absolute atomic E-state index is 11.9. The SMILES string of the molecule is CC1(C)[C@H](C(=O)O)[C@H]1C(=O)Nc1c[nH]c(=O)[nH]c1=O. The van der Waals surface area contributed by atoms with Crippen molar-refractivity contribution >= 4 is 17.6 Å². The first-order chi connectivity index (χ1) is 8.75. The summed E-state index contributed by atoms with van der Waals surface area (Å²) in [5, 5.41) is 11.3. The van der Waals surface area contributed by atoms with Crippen LogP contribution in [0.3, 0.4) is 0 Å². The molecule has 0 bridgehead atoms. The Kier molecular flexibility index (Phi) is 2.80. The largest absolute Gasteiger partial charge is 0.481 e. The van der Waals surface area contributed by atoms with E-state index in [9.17, 15) is 19.2 Å². The van der Waals surface area contributed by atoms with Gasteiger partial charge < -0.3 is 15.4 Å². The molecule has 1 amide bonds. The first-order valence-corrected chi connectivity index (χ1v) is 5.61. The molecular formula is C11H13N3O5. The van der Waals surface area contributed by atoms with Gasteiger partial charge in [0, 0.05) is 6.20 Å². The number of anilines is 1. The molecule has 8 heteroatoms. The molecule has 102 valence electrons. The lowest BCUT2D eigenvalue weighted by atomic mass is 10.1. The monoisotopic (exact) mass is 267 g/mol. The van der Waals surface area contributed by atoms with E-state index >= 15 is 0 Å². The fraction of sp³-hybridized carbons (Fsp3) is 0.455. The van der Waals surface area contributed by atoms with Gasteiger partial charge in [-0.3, -0.25) is 19.4 Å². The first-order valence-electron chi connectivity index (χ1n) is 5.61. The number of carboxylic acid groups (broad SMARTS) is 1. The van der Waals surface area contributed by atoms with Crippen LogP contribution in [0.5, 0.6) is 0 Å². The van der Waals surface area contributed by atoms with E-state index in [-0.39, 0.29) is 5.69 Å². The number of aromatic nitrogens is 2. The fourth-order valence-corrected chi connectivity index (χ4v) is 2.30. The number of aromatic amines is 2. The average Bonchev–Trinajstić information content (AvgIpc) is 2.86. The molecule has 1 aromatic rings. The maximum atomic E-state index is 11.9. The van der Waals surface area contributed by atoms with E-state index in [0.717, 1.165) is 6.20 Å². The van der Waals surface area contributed by atoms with Gasteiger partial charge in [-0.15, -0.1) is 0 Å². The minimum Gasteiger partial charge on any atom is -0.481 e. The number of carbonyl (C=O) groups is 2. The Hall–Kier alpha value is -2.38. The van der Waals surface area contributed by atoms with Crippen LogP contribution in [0.4, 0.5) is 5.69 Å². The number of aliphatic carboxylic acids is 1. The molecule has 4 N–H and O–H groups in total. The van der Waals surface area contributed by atoms with Gasteiger partial charge in [-0.05, 0) is 5.41 Å². The molecule has 0 aromatic carbocycles. The quantitative estimate of drug-likeness (QED) is 0.578. The zero-order valence-electron chi connectivity index (χ0n) is 10.3. The molecule has 1 saturated carbocycles. The van der Waals surface area contributed by atoms with Crippen molar-refractivity contribution in [2.24, 2.45) is 17.3 Å². The van der Waals surface area contributed by atoms with Gasteiger partial charge in [0.05, 0.1) is 11.8 Å². The van der Waals surface area contributed by atoms with Gasteiger partial charge in [-0.1, -0.05) is 13.8 Å². The number of nitrogens with one attached hydrogen (secondary N) is 3. The van der Waals surface area contributed by atoms with E-state index < -0.39 is 40.4 Å². The van der Waals surface area contributed by atoms with Crippen molar-refractivity contribution in [1.82, 2.24) is 9.97 Å². The van der Waals surface area contributed by atoms with Crippen LogP contribution in [-0.4, -0.2) is 27.0 Å². The molecule has 0 unspecified atom stereocenters. The third-order valence-electron chi connectivity index (χ3n) is 3.45. The number of H-pyrrole nitrogens is 2. The van der Waals surface area contributed by atoms with Gasteiger partial charge in [-0.25, -0.2) is 4.79 Å². The summed E-state index contributed by atoms with van der Waals surface area (Å²) in [4.78, 5) is 49.3. The molecule has 1 heterocycles. The molecule has 0 aliphatic heterocycles. The summed E-state index contributed by atoms with van der Waals surface area (Å²) >= 11 is 0. The lowest BCUT2D eigenvalue weighted by Crippen LogP contribution is -2.28. The Bertz CT molecular complexity index is 657. The summed E-state index contributed by atoms with van der Waals surface area (Å²) in [6.45, 7) is 3.35. The van der Waals surface area contributed by atoms with E-state index in [2.05, 4.69) is 10.3 Å². The summed E-state index contributed by atoms with van der Waals surface area (Å²) in [5.41, 5.74) is -2.18. The first kappa shape index (κ1) is 13.1. The number of hydrogen-bond donors (Lipinski definition) is 4. The van der Waals surface area contributed by atoms with Crippen molar-refractivity contribution in [2.45, 2.75) is 13.8 Å². The van der Waals surface area contributed by atoms with Crippen LogP contribution in [0.15, 0.2) is 15.8 Å². The Morgan fingerprint density at radius 1 is 1.32 bits per heavy atom. The highest BCUT2D eigenvalue weighted by Gasteiger charge is 2.65. The number of amides is 1. The summed E-state index contributed by atoms with van der Waals surface area (Å²) < 4.78 is 0. The van der Waals surface area contributed by atoms with Crippen molar-refractivity contribution in [1.29, 1.82) is 0 Å². The molecule has 2 rings (SSSR count). The smallest absolute Gasteiger partial charge is 0.325 e. The van der Waals surface area contributed by atoms with Gasteiger partial charge in [0.1, 0.15) is 5.69 Å². The minimum absolute atomic E-state index is 0.114. The van der Waals surface area contributed by atoms with Gasteiger partial charge >= 0.3 is 11.7 Å². The number of rotatable bonds is 3. The number of hydrogen-bond acceptors (Lipinski definition) is 4. The van der Waals surface area contributed by atoms with Gasteiger partial charge in [-0.2, -0.15) is 0 Å². The highest BCUT2D eigenvalue weighted by molar-refractivity contribution is 5.99. The average molecular weight is 267 g/mol. The van der Waals surface area contributed by atoms with Crippen LogP contribution in [-0.2, 0) is 9.59 Å². The summed E-state index contributed by atoms with van der Waals surface area (Å²) in [7, 11) is 0. The van der Waals surface area contributed by atoms with Crippen LogP contribution in [0, 0.1) is 17.3 Å². The molecule has 2 atom stereocenters. The highest BCUT2D eigenvalue weighted by atomic mass is 16.4. The molecule has 8 nitrogen and oxygen atoms in total. The van der Waals surface area contributed by atoms with E-state index in [4.69, 9.17) is 5.11 Å². The predicted molar refractivity (Wildman–Crippen MR) is 64.7 cm³/mol. The maximum Gasteiger partial charge on any atom is 0.325 e. The summed E-state index contributed by atoms with van der Waals surface area (Å²) in [6.07, 6.45) is 1.07. The summed E-state index contributed by atoms with van der Waals surface area (Å²) in [5.74, 6) is -3.05.